The Hall–Kier alpha value is -17.7. The number of thiophene rings is 4. The SMILES string of the molecule is c1ccc(-c2nc(-c3ccc(-n4c5ccccc5c5ccc6c7ccccc7n(-c7ccccc7)c6c54)cc3)nc3c2sc2ccccc23)cc1.c1ccc(-c2nc(-c3ccc(-n4c5ccccc5c5ccc6c7ccccc7oc6c54)cc3)nc3c2sc2ccccc23)cc1.c1ccc(-c2nc(-c3ccc(-n4c5ccccc5c5ccc6c7ccccc7sc6c54)cc3)nc3c2sc2ccccc23)cc1. The molecule has 0 N–H and O–H groups in total. The van der Waals surface area contributed by atoms with Gasteiger partial charge in [0.1, 0.15) is 5.58 Å². The molecule has 658 valence electrons. The Bertz CT molecular complexity index is 10100. The van der Waals surface area contributed by atoms with E-state index in [4.69, 9.17) is 34.3 Å². The van der Waals surface area contributed by atoms with Crippen molar-refractivity contribution in [1.82, 2.24) is 48.2 Å². The summed E-state index contributed by atoms with van der Waals surface area (Å²) in [7, 11) is 0. The number of para-hydroxylation sites is 6. The Morgan fingerprint density at radius 1 is 0.170 bits per heavy atom. The zero-order chi connectivity index (χ0) is 92.4. The monoisotopic (exact) mass is 1870 g/mol. The van der Waals surface area contributed by atoms with Crippen LogP contribution in [0.25, 0.3) is 281 Å². The maximum absolute atomic E-state index is 6.53. The number of benzene rings is 19. The summed E-state index contributed by atoms with van der Waals surface area (Å²) in [6.07, 6.45) is 0. The highest BCUT2D eigenvalue weighted by atomic mass is 32.1. The normalized spacial score (nSPS) is 12.0. The van der Waals surface area contributed by atoms with E-state index in [0.29, 0.717) is 0 Å². The van der Waals surface area contributed by atoms with Gasteiger partial charge in [0.2, 0.25) is 0 Å². The van der Waals surface area contributed by atoms with Crippen LogP contribution < -0.4 is 0 Å². The topological polar surface area (TPSA) is 110 Å². The molecule has 0 saturated heterocycles. The zero-order valence-electron chi connectivity index (χ0n) is 75.2. The van der Waals surface area contributed by atoms with Crippen LogP contribution in [-0.4, -0.2) is 48.2 Å². The van der Waals surface area contributed by atoms with Crippen molar-refractivity contribution in [2.45, 2.75) is 0 Å². The zero-order valence-corrected chi connectivity index (χ0v) is 78.5. The van der Waals surface area contributed by atoms with Crippen LogP contribution in [0.3, 0.4) is 0 Å². The number of furan rings is 1. The molecule has 0 bridgehead atoms. The van der Waals surface area contributed by atoms with Gasteiger partial charge in [-0.05, 0) is 146 Å². The Balaban J connectivity index is 0.000000102. The maximum atomic E-state index is 6.53. The predicted molar refractivity (Wildman–Crippen MR) is 595 cm³/mol. The van der Waals surface area contributed by atoms with Crippen LogP contribution in [-0.2, 0) is 0 Å². The summed E-state index contributed by atoms with van der Waals surface area (Å²) in [6, 6.07) is 159. The van der Waals surface area contributed by atoms with Gasteiger partial charge in [0.05, 0.1) is 96.6 Å². The molecule has 0 radical (unpaired) electrons. The summed E-state index contributed by atoms with van der Waals surface area (Å²) >= 11 is 7.16. The van der Waals surface area contributed by atoms with E-state index in [0.717, 1.165) is 165 Å². The lowest BCUT2D eigenvalue weighted by Crippen LogP contribution is -1.99. The number of aromatic nitrogens is 10. The number of hydrogen-bond donors (Lipinski definition) is 0. The lowest BCUT2D eigenvalue weighted by molar-refractivity contribution is 0.671. The molecule has 11 nitrogen and oxygen atoms in total. The van der Waals surface area contributed by atoms with Gasteiger partial charge in [0, 0.05) is 156 Å². The fraction of sp³-hybridized carbons (Fsp3) is 0. The van der Waals surface area contributed by atoms with E-state index < -0.39 is 0 Å². The molecule has 12 aromatic heterocycles. The summed E-state index contributed by atoms with van der Waals surface area (Å²) in [6.45, 7) is 0. The molecule has 15 heteroatoms. The Morgan fingerprint density at radius 3 is 0.830 bits per heavy atom. The fourth-order valence-electron chi connectivity index (χ4n) is 21.4. The van der Waals surface area contributed by atoms with Gasteiger partial charge in [0.15, 0.2) is 23.1 Å². The molecule has 31 rings (SSSR count). The first-order valence-electron chi connectivity index (χ1n) is 47.2. The van der Waals surface area contributed by atoms with E-state index in [1.165, 1.54) is 116 Å². The van der Waals surface area contributed by atoms with Gasteiger partial charge in [-0.1, -0.05) is 303 Å². The summed E-state index contributed by atoms with van der Waals surface area (Å²) < 4.78 is 25.8. The van der Waals surface area contributed by atoms with E-state index in [-0.39, 0.29) is 0 Å². The molecule has 0 spiro atoms. The molecule has 0 aliphatic carbocycles. The highest BCUT2D eigenvalue weighted by molar-refractivity contribution is 7.27. The molecule has 141 heavy (non-hydrogen) atoms. The second kappa shape index (κ2) is 32.5. The minimum atomic E-state index is 0.721. The third kappa shape index (κ3) is 12.9. The van der Waals surface area contributed by atoms with Gasteiger partial charge in [-0.2, -0.15) is 0 Å². The van der Waals surface area contributed by atoms with Crippen molar-refractivity contribution in [3.05, 3.63) is 449 Å². The Labute approximate surface area is 821 Å². The van der Waals surface area contributed by atoms with Crippen molar-refractivity contribution in [3.63, 3.8) is 0 Å². The van der Waals surface area contributed by atoms with Crippen LogP contribution in [0, 0.1) is 0 Å². The van der Waals surface area contributed by atoms with E-state index in [1.807, 2.05) is 41.7 Å². The van der Waals surface area contributed by atoms with Crippen molar-refractivity contribution >= 4 is 236 Å². The van der Waals surface area contributed by atoms with Gasteiger partial charge in [0.25, 0.3) is 0 Å². The summed E-state index contributed by atoms with van der Waals surface area (Å²) in [5.74, 6) is 2.19. The number of fused-ring (bicyclic) bond motifs is 30. The van der Waals surface area contributed by atoms with Crippen molar-refractivity contribution in [3.8, 4) is 90.7 Å². The highest BCUT2D eigenvalue weighted by Gasteiger charge is 2.28. The van der Waals surface area contributed by atoms with Crippen LogP contribution in [0.15, 0.2) is 453 Å². The maximum Gasteiger partial charge on any atom is 0.160 e. The first-order valence-corrected chi connectivity index (χ1v) is 50.5. The standard InChI is InChI=1S/C46H28N4S.C40H23N3OS.C40H23N3S2/c1-3-13-29(14-4-1)41-45-42(37-19-9-12-22-40(37)51-45)48-46(47-41)30-23-25-32(26-24-30)50-39-21-11-8-18-34(39)36-28-27-35-33-17-7-10-20-38(33)49(43(35)44(36)50)31-15-5-2-6-16-31;2*1-2-10-24(11-3-1)35-39-36(31-14-6-9-17-34(31)45-39)42-40(41-35)25-18-20-26(21-19-25)43-32-15-7-4-12-27(32)29-22-23-30-28-13-5-8-16-33(28)44-38(30)37(29)43/h1-28H;2*1-23H. The summed E-state index contributed by atoms with van der Waals surface area (Å²) in [4.78, 5) is 31.1. The molecule has 0 atom stereocenters. The van der Waals surface area contributed by atoms with E-state index in [1.54, 1.807) is 34.0 Å². The number of nitrogens with zero attached hydrogens (tertiary/aromatic N) is 10. The van der Waals surface area contributed by atoms with Crippen LogP contribution in [0.1, 0.15) is 0 Å². The Morgan fingerprint density at radius 2 is 0.440 bits per heavy atom. The smallest absolute Gasteiger partial charge is 0.160 e. The third-order valence-corrected chi connectivity index (χ3v) is 32.5. The van der Waals surface area contributed by atoms with Crippen molar-refractivity contribution in [2.24, 2.45) is 0 Å². The molecule has 12 heterocycles. The number of rotatable bonds is 10. The second-order valence-corrected chi connectivity index (χ2v) is 39.9. The second-order valence-electron chi connectivity index (χ2n) is 35.7. The molecule has 0 saturated carbocycles. The van der Waals surface area contributed by atoms with Crippen LogP contribution in [0.4, 0.5) is 0 Å². The first kappa shape index (κ1) is 80.6. The Kier molecular flexibility index (Phi) is 18.6. The van der Waals surface area contributed by atoms with Crippen molar-refractivity contribution < 1.29 is 4.42 Å². The van der Waals surface area contributed by atoms with E-state index in [2.05, 4.69) is 437 Å². The molecule has 0 aliphatic rings. The van der Waals surface area contributed by atoms with Crippen LogP contribution in [0.5, 0.6) is 0 Å². The van der Waals surface area contributed by atoms with Gasteiger partial charge in [-0.3, -0.25) is 0 Å². The van der Waals surface area contributed by atoms with Crippen molar-refractivity contribution in [1.29, 1.82) is 0 Å². The molecule has 19 aromatic carbocycles. The average molecular weight is 1870 g/mol. The molecular formula is C126H74N10OS4. The van der Waals surface area contributed by atoms with Crippen molar-refractivity contribution in [2.75, 3.05) is 0 Å². The molecule has 31 aromatic rings. The van der Waals surface area contributed by atoms with Gasteiger partial charge in [-0.15, -0.1) is 45.3 Å². The summed E-state index contributed by atoms with van der Waals surface area (Å²) in [5, 5.41) is 18.2. The van der Waals surface area contributed by atoms with Gasteiger partial charge >= 0.3 is 0 Å². The third-order valence-electron chi connectivity index (χ3n) is 27.8. The number of hydrogen-bond acceptors (Lipinski definition) is 11. The predicted octanol–water partition coefficient (Wildman–Crippen LogP) is 35.2. The minimum Gasteiger partial charge on any atom is -0.454 e. The van der Waals surface area contributed by atoms with E-state index in [9.17, 15) is 0 Å². The van der Waals surface area contributed by atoms with Crippen LogP contribution in [0.2, 0.25) is 0 Å². The lowest BCUT2D eigenvalue weighted by atomic mass is 10.1. The molecular weight excluding hydrogens is 1800 g/mol. The summed E-state index contributed by atoms with van der Waals surface area (Å²) in [5.41, 5.74) is 27.8. The molecule has 0 amide bonds. The average Bonchev–Trinajstić information content (AvgIpc) is 1.55. The lowest BCUT2D eigenvalue weighted by Gasteiger charge is -2.13. The van der Waals surface area contributed by atoms with E-state index >= 15 is 0 Å². The van der Waals surface area contributed by atoms with Crippen LogP contribution >= 0.6 is 45.3 Å². The highest BCUT2D eigenvalue weighted by Crippen LogP contribution is 2.50. The minimum absolute atomic E-state index is 0.721. The largest absolute Gasteiger partial charge is 0.454 e. The molecule has 0 unspecified atom stereocenters. The quantitative estimate of drug-likeness (QED) is 0.134. The first-order chi connectivity index (χ1) is 69.9. The van der Waals surface area contributed by atoms with Gasteiger partial charge in [-0.25, -0.2) is 29.9 Å². The molecule has 0 fully saturated rings. The fourth-order valence-corrected chi connectivity index (χ4v) is 26.1. The molecule has 0 aliphatic heterocycles. The van der Waals surface area contributed by atoms with Gasteiger partial charge < -0.3 is 22.7 Å².